The van der Waals surface area contributed by atoms with E-state index < -0.39 is 0 Å². The zero-order chi connectivity index (χ0) is 14.0. The summed E-state index contributed by atoms with van der Waals surface area (Å²) in [6, 6.07) is 8.65. The van der Waals surface area contributed by atoms with E-state index in [4.69, 9.17) is 0 Å². The van der Waals surface area contributed by atoms with Crippen molar-refractivity contribution in [3.8, 4) is 5.75 Å². The Morgan fingerprint density at radius 2 is 2.11 bits per heavy atom. The molecule has 0 aromatic heterocycles. The Kier molecular flexibility index (Phi) is 4.16. The van der Waals surface area contributed by atoms with Crippen LogP contribution in [0.3, 0.4) is 0 Å². The van der Waals surface area contributed by atoms with Gasteiger partial charge in [0.2, 0.25) is 0 Å². The normalized spacial score (nSPS) is 25.5. The summed E-state index contributed by atoms with van der Waals surface area (Å²) in [6.45, 7) is 12.1. The lowest BCUT2D eigenvalue weighted by Crippen LogP contribution is -2.59. The van der Waals surface area contributed by atoms with Crippen molar-refractivity contribution in [3.05, 3.63) is 29.8 Å². The number of hydrogen-bond acceptors (Lipinski definition) is 3. The molecule has 1 aromatic rings. The van der Waals surface area contributed by atoms with Crippen LogP contribution in [0.4, 0.5) is 0 Å². The van der Waals surface area contributed by atoms with E-state index in [1.807, 2.05) is 12.1 Å². The standard InChI is InChI=1S/C16H26N2O/c1-12-10-18(15(9-17-12)16(2,3)4)11-13-6-5-7-14(19)8-13/h5-8,12,15,17,19H,9-11H2,1-4H3. The smallest absolute Gasteiger partial charge is 0.115 e. The molecule has 2 N–H and O–H groups in total. The van der Waals surface area contributed by atoms with Gasteiger partial charge < -0.3 is 10.4 Å². The summed E-state index contributed by atoms with van der Waals surface area (Å²) in [5, 5.41) is 13.2. The van der Waals surface area contributed by atoms with Gasteiger partial charge in [-0.25, -0.2) is 0 Å². The molecule has 1 aromatic carbocycles. The molecule has 1 fully saturated rings. The molecule has 1 saturated heterocycles. The molecule has 0 radical (unpaired) electrons. The molecule has 0 aliphatic carbocycles. The molecule has 0 bridgehead atoms. The highest BCUT2D eigenvalue weighted by Crippen LogP contribution is 2.28. The molecule has 19 heavy (non-hydrogen) atoms. The minimum Gasteiger partial charge on any atom is -0.508 e. The Bertz CT molecular complexity index is 425. The molecule has 1 heterocycles. The van der Waals surface area contributed by atoms with Crippen LogP contribution in [0.5, 0.6) is 5.75 Å². The fraction of sp³-hybridized carbons (Fsp3) is 0.625. The van der Waals surface area contributed by atoms with Crippen LogP contribution in [0, 0.1) is 5.41 Å². The fourth-order valence-electron chi connectivity index (χ4n) is 2.90. The zero-order valence-electron chi connectivity index (χ0n) is 12.5. The molecule has 0 saturated carbocycles. The predicted molar refractivity (Wildman–Crippen MR) is 79.2 cm³/mol. The van der Waals surface area contributed by atoms with E-state index in [1.54, 1.807) is 6.07 Å². The van der Waals surface area contributed by atoms with Gasteiger partial charge in [0.05, 0.1) is 0 Å². The second kappa shape index (κ2) is 5.51. The number of rotatable bonds is 2. The third-order valence-electron chi connectivity index (χ3n) is 3.90. The lowest BCUT2D eigenvalue weighted by molar-refractivity contribution is 0.0526. The van der Waals surface area contributed by atoms with E-state index in [0.717, 1.165) is 19.6 Å². The van der Waals surface area contributed by atoms with E-state index in [9.17, 15) is 5.11 Å². The highest BCUT2D eigenvalue weighted by atomic mass is 16.3. The molecule has 3 heteroatoms. The first-order chi connectivity index (χ1) is 8.86. The summed E-state index contributed by atoms with van der Waals surface area (Å²) >= 11 is 0. The molecular formula is C16H26N2O. The minimum absolute atomic E-state index is 0.254. The van der Waals surface area contributed by atoms with Crippen LogP contribution in [0.2, 0.25) is 0 Å². The van der Waals surface area contributed by atoms with E-state index in [1.165, 1.54) is 5.56 Å². The van der Waals surface area contributed by atoms with Gasteiger partial charge in [-0.15, -0.1) is 0 Å². The van der Waals surface area contributed by atoms with Crippen molar-refractivity contribution < 1.29 is 5.11 Å². The third-order valence-corrected chi connectivity index (χ3v) is 3.90. The summed E-state index contributed by atoms with van der Waals surface area (Å²) in [5.41, 5.74) is 1.44. The van der Waals surface area contributed by atoms with E-state index >= 15 is 0 Å². The van der Waals surface area contributed by atoms with Crippen molar-refractivity contribution in [2.45, 2.75) is 46.3 Å². The topological polar surface area (TPSA) is 35.5 Å². The molecule has 106 valence electrons. The molecular weight excluding hydrogens is 236 g/mol. The van der Waals surface area contributed by atoms with E-state index in [2.05, 4.69) is 44.0 Å². The summed E-state index contributed by atoms with van der Waals surface area (Å²) in [5.74, 6) is 0.355. The van der Waals surface area contributed by atoms with Gasteiger partial charge in [-0.2, -0.15) is 0 Å². The molecule has 3 nitrogen and oxygen atoms in total. The minimum atomic E-state index is 0.254. The second-order valence-corrected chi connectivity index (χ2v) is 6.79. The Morgan fingerprint density at radius 3 is 2.74 bits per heavy atom. The van der Waals surface area contributed by atoms with Crippen LogP contribution >= 0.6 is 0 Å². The van der Waals surface area contributed by atoms with Crippen molar-refractivity contribution >= 4 is 0 Å². The van der Waals surface area contributed by atoms with Gasteiger partial charge in [0.25, 0.3) is 0 Å². The quantitative estimate of drug-likeness (QED) is 0.860. The van der Waals surface area contributed by atoms with Crippen molar-refractivity contribution in [2.24, 2.45) is 5.41 Å². The first-order valence-electron chi connectivity index (χ1n) is 7.11. The van der Waals surface area contributed by atoms with Gasteiger partial charge in [0, 0.05) is 31.7 Å². The molecule has 1 aliphatic rings. The lowest BCUT2D eigenvalue weighted by atomic mass is 9.83. The number of nitrogens with one attached hydrogen (secondary N) is 1. The SMILES string of the molecule is CC1CN(Cc2cccc(O)c2)C(C(C)(C)C)CN1. The largest absolute Gasteiger partial charge is 0.508 e. The van der Waals surface area contributed by atoms with Gasteiger partial charge >= 0.3 is 0 Å². The predicted octanol–water partition coefficient (Wildman–Crippen LogP) is 2.60. The van der Waals surface area contributed by atoms with Crippen molar-refractivity contribution in [1.82, 2.24) is 10.2 Å². The van der Waals surface area contributed by atoms with Crippen molar-refractivity contribution in [2.75, 3.05) is 13.1 Å². The number of aromatic hydroxyl groups is 1. The Morgan fingerprint density at radius 1 is 1.37 bits per heavy atom. The van der Waals surface area contributed by atoms with E-state index in [0.29, 0.717) is 17.8 Å². The lowest BCUT2D eigenvalue weighted by Gasteiger charge is -2.46. The third kappa shape index (κ3) is 3.71. The Balaban J connectivity index is 2.14. The van der Waals surface area contributed by atoms with E-state index in [-0.39, 0.29) is 5.41 Å². The number of piperazine rings is 1. The molecule has 2 rings (SSSR count). The maximum atomic E-state index is 9.59. The van der Waals surface area contributed by atoms with Crippen LogP contribution in [-0.2, 0) is 6.54 Å². The second-order valence-electron chi connectivity index (χ2n) is 6.79. The van der Waals surface area contributed by atoms with Crippen molar-refractivity contribution in [1.29, 1.82) is 0 Å². The number of nitrogens with zero attached hydrogens (tertiary/aromatic N) is 1. The van der Waals surface area contributed by atoms with Crippen LogP contribution < -0.4 is 5.32 Å². The molecule has 2 atom stereocenters. The van der Waals surface area contributed by atoms with Gasteiger partial charge in [-0.1, -0.05) is 32.9 Å². The van der Waals surface area contributed by atoms with Gasteiger partial charge in [0.15, 0.2) is 0 Å². The summed E-state index contributed by atoms with van der Waals surface area (Å²) in [7, 11) is 0. The average Bonchev–Trinajstić information content (AvgIpc) is 2.27. The zero-order valence-corrected chi connectivity index (χ0v) is 12.5. The molecule has 0 amide bonds. The fourth-order valence-corrected chi connectivity index (χ4v) is 2.90. The van der Waals surface area contributed by atoms with Gasteiger partial charge in [-0.3, -0.25) is 4.90 Å². The van der Waals surface area contributed by atoms with Crippen LogP contribution in [0.15, 0.2) is 24.3 Å². The number of phenolic OH excluding ortho intramolecular Hbond substituents is 1. The summed E-state index contributed by atoms with van der Waals surface area (Å²) < 4.78 is 0. The van der Waals surface area contributed by atoms with Crippen LogP contribution in [-0.4, -0.2) is 35.2 Å². The average molecular weight is 262 g/mol. The maximum absolute atomic E-state index is 9.59. The number of phenols is 1. The molecule has 0 spiro atoms. The van der Waals surface area contributed by atoms with Crippen LogP contribution in [0.1, 0.15) is 33.3 Å². The highest BCUT2D eigenvalue weighted by Gasteiger charge is 2.34. The first kappa shape index (κ1) is 14.4. The number of benzene rings is 1. The summed E-state index contributed by atoms with van der Waals surface area (Å²) in [4.78, 5) is 2.54. The number of hydrogen-bond donors (Lipinski definition) is 2. The summed E-state index contributed by atoms with van der Waals surface area (Å²) in [6.07, 6.45) is 0. The molecule has 2 unspecified atom stereocenters. The van der Waals surface area contributed by atoms with Gasteiger partial charge in [0.1, 0.15) is 5.75 Å². The van der Waals surface area contributed by atoms with Gasteiger partial charge in [-0.05, 0) is 30.0 Å². The maximum Gasteiger partial charge on any atom is 0.115 e. The van der Waals surface area contributed by atoms with Crippen molar-refractivity contribution in [3.63, 3.8) is 0 Å². The highest BCUT2D eigenvalue weighted by molar-refractivity contribution is 5.27. The monoisotopic (exact) mass is 262 g/mol. The first-order valence-corrected chi connectivity index (χ1v) is 7.11. The molecule has 1 aliphatic heterocycles. The Labute approximate surface area is 116 Å². The van der Waals surface area contributed by atoms with Crippen LogP contribution in [0.25, 0.3) is 0 Å². The Hall–Kier alpha value is -1.06.